The summed E-state index contributed by atoms with van der Waals surface area (Å²) in [5, 5.41) is 37.1. The number of nitrogens with one attached hydrogen (secondary N) is 1. The van der Waals surface area contributed by atoms with Gasteiger partial charge >= 0.3 is 0 Å². The summed E-state index contributed by atoms with van der Waals surface area (Å²) >= 11 is 0. The zero-order chi connectivity index (χ0) is 25.4. The van der Waals surface area contributed by atoms with Gasteiger partial charge in [-0.3, -0.25) is 0 Å². The lowest BCUT2D eigenvalue weighted by Gasteiger charge is -2.63. The van der Waals surface area contributed by atoms with Crippen molar-refractivity contribution < 1.29 is 15.3 Å². The van der Waals surface area contributed by atoms with Crippen LogP contribution in [-0.2, 0) is 0 Å². The van der Waals surface area contributed by atoms with Crippen molar-refractivity contribution in [3.8, 4) is 0 Å². The van der Waals surface area contributed by atoms with Crippen LogP contribution >= 0.6 is 0 Å². The molecule has 0 spiro atoms. The van der Waals surface area contributed by atoms with Crippen molar-refractivity contribution in [1.29, 1.82) is 0 Å². The Hall–Kier alpha value is -0.200. The minimum absolute atomic E-state index is 0.0743. The van der Waals surface area contributed by atoms with E-state index < -0.39 is 0 Å². The predicted octanol–water partition coefficient (Wildman–Crippen LogP) is 4.30. The number of nitrogens with zero attached hydrogens (tertiary/aromatic N) is 1. The molecule has 4 aliphatic rings. The maximum absolute atomic E-state index is 11.7. The second-order valence-electron chi connectivity index (χ2n) is 13.4. The molecule has 204 valence electrons. The van der Waals surface area contributed by atoms with Crippen LogP contribution in [-0.4, -0.2) is 71.3 Å². The fraction of sp³-hybridized carbons (Fsp3) is 1.00. The zero-order valence-corrected chi connectivity index (χ0v) is 23.4. The second kappa shape index (κ2) is 11.3. The SMILES string of the molecule is CCN(CC)CCNCCC[C@@H](C)[C@H]1CC[C@H]2[C@@H]3[C@H](O)C[C@@H]4C[C@H](O)CC[C@]4(C)[C@H]3C[C@H](O)[C@]12C. The first-order chi connectivity index (χ1) is 16.7. The number of rotatable bonds is 10. The molecule has 0 saturated heterocycles. The summed E-state index contributed by atoms with van der Waals surface area (Å²) in [4.78, 5) is 2.46. The summed E-state index contributed by atoms with van der Waals surface area (Å²) in [7, 11) is 0. The van der Waals surface area contributed by atoms with Crippen LogP contribution in [0.1, 0.15) is 92.4 Å². The fourth-order valence-electron chi connectivity index (χ4n) is 9.78. The lowest BCUT2D eigenvalue weighted by Crippen LogP contribution is -2.62. The summed E-state index contributed by atoms with van der Waals surface area (Å²) in [5.74, 6) is 2.68. The first kappa shape index (κ1) is 27.8. The molecule has 4 N–H and O–H groups in total. The minimum atomic E-state index is -0.274. The monoisotopic (exact) mass is 492 g/mol. The van der Waals surface area contributed by atoms with Crippen molar-refractivity contribution >= 4 is 0 Å². The maximum Gasteiger partial charge on any atom is 0.0602 e. The third kappa shape index (κ3) is 5.11. The van der Waals surface area contributed by atoms with E-state index in [4.69, 9.17) is 0 Å². The summed E-state index contributed by atoms with van der Waals surface area (Å²) in [6.45, 7) is 17.2. The smallest absolute Gasteiger partial charge is 0.0602 e. The van der Waals surface area contributed by atoms with Crippen molar-refractivity contribution in [3.05, 3.63) is 0 Å². The largest absolute Gasteiger partial charge is 0.393 e. The van der Waals surface area contributed by atoms with Crippen LogP contribution in [0, 0.1) is 46.3 Å². The minimum Gasteiger partial charge on any atom is -0.393 e. The number of aliphatic hydroxyl groups is 3. The van der Waals surface area contributed by atoms with E-state index in [1.165, 1.54) is 19.3 Å². The van der Waals surface area contributed by atoms with E-state index in [1.807, 2.05) is 0 Å². The molecule has 0 heterocycles. The highest BCUT2D eigenvalue weighted by molar-refractivity contribution is 5.14. The standard InChI is InChI=1S/C30H56N2O3/c1-6-32(7-2)16-15-31-14-8-9-20(3)23-10-11-24-28-25(19-27(35)30(23,24)5)29(4)13-12-22(33)17-21(29)18-26(28)34/h20-28,31,33-35H,6-19H2,1-5H3/t20-,21+,22-,23-,24+,25+,26-,27+,28+,29+,30-/m1/s1. The van der Waals surface area contributed by atoms with Gasteiger partial charge < -0.3 is 25.5 Å². The highest BCUT2D eigenvalue weighted by Crippen LogP contribution is 2.68. The molecular formula is C30H56N2O3. The molecule has 0 radical (unpaired) electrons. The Morgan fingerprint density at radius 1 is 0.943 bits per heavy atom. The normalized spacial score (nSPS) is 46.2. The molecule has 0 aromatic carbocycles. The van der Waals surface area contributed by atoms with E-state index >= 15 is 0 Å². The van der Waals surface area contributed by atoms with Crippen LogP contribution in [0.3, 0.4) is 0 Å². The van der Waals surface area contributed by atoms with Gasteiger partial charge in [-0.25, -0.2) is 0 Å². The van der Waals surface area contributed by atoms with Gasteiger partial charge in [0, 0.05) is 13.1 Å². The Morgan fingerprint density at radius 2 is 1.69 bits per heavy atom. The molecule has 0 aliphatic heterocycles. The maximum atomic E-state index is 11.7. The van der Waals surface area contributed by atoms with Crippen LogP contribution < -0.4 is 5.32 Å². The molecule has 0 unspecified atom stereocenters. The van der Waals surface area contributed by atoms with Gasteiger partial charge in [0.25, 0.3) is 0 Å². The van der Waals surface area contributed by atoms with Gasteiger partial charge in [0.1, 0.15) is 0 Å². The number of aliphatic hydroxyl groups excluding tert-OH is 3. The van der Waals surface area contributed by atoms with Gasteiger partial charge in [0.2, 0.25) is 0 Å². The lowest BCUT2D eigenvalue weighted by atomic mass is 9.43. The summed E-state index contributed by atoms with van der Waals surface area (Å²) in [6.07, 6.45) is 8.46. The van der Waals surface area contributed by atoms with E-state index in [0.29, 0.717) is 35.5 Å². The van der Waals surface area contributed by atoms with Crippen LogP contribution in [0.4, 0.5) is 0 Å². The molecule has 0 amide bonds. The zero-order valence-electron chi connectivity index (χ0n) is 23.4. The molecule has 0 bridgehead atoms. The van der Waals surface area contributed by atoms with Gasteiger partial charge in [0.05, 0.1) is 18.3 Å². The topological polar surface area (TPSA) is 76.0 Å². The van der Waals surface area contributed by atoms with Gasteiger partial charge in [-0.2, -0.15) is 0 Å². The third-order valence-electron chi connectivity index (χ3n) is 12.0. The number of fused-ring (bicyclic) bond motifs is 5. The molecule has 35 heavy (non-hydrogen) atoms. The molecule has 5 nitrogen and oxygen atoms in total. The summed E-state index contributed by atoms with van der Waals surface area (Å²) in [5.41, 5.74) is 0.0844. The number of likely N-dealkylation sites (N-methyl/N-ethyl adjacent to an activating group) is 1. The number of hydrogen-bond acceptors (Lipinski definition) is 5. The molecule has 4 rings (SSSR count). The molecule has 0 aromatic heterocycles. The van der Waals surface area contributed by atoms with Crippen LogP contribution in [0.25, 0.3) is 0 Å². The van der Waals surface area contributed by atoms with Crippen molar-refractivity contribution in [1.82, 2.24) is 10.2 Å². The third-order valence-corrected chi connectivity index (χ3v) is 12.0. The van der Waals surface area contributed by atoms with Crippen LogP contribution in [0.5, 0.6) is 0 Å². The molecule has 0 aromatic rings. The first-order valence-corrected chi connectivity index (χ1v) is 15.1. The Labute approximate surface area is 215 Å². The highest BCUT2D eigenvalue weighted by Gasteiger charge is 2.65. The lowest BCUT2D eigenvalue weighted by molar-refractivity contribution is -0.207. The van der Waals surface area contributed by atoms with E-state index in [0.717, 1.165) is 71.2 Å². The Bertz CT molecular complexity index is 687. The average molecular weight is 493 g/mol. The molecule has 4 saturated carbocycles. The highest BCUT2D eigenvalue weighted by atomic mass is 16.3. The molecule has 4 aliphatic carbocycles. The van der Waals surface area contributed by atoms with Crippen molar-refractivity contribution in [2.45, 2.75) is 111 Å². The Kier molecular flexibility index (Phi) is 8.96. The van der Waals surface area contributed by atoms with Crippen molar-refractivity contribution in [3.63, 3.8) is 0 Å². The summed E-state index contributed by atoms with van der Waals surface area (Å²) in [6, 6.07) is 0. The van der Waals surface area contributed by atoms with Crippen LogP contribution in [0.2, 0.25) is 0 Å². The predicted molar refractivity (Wildman–Crippen MR) is 143 cm³/mol. The number of hydrogen-bond donors (Lipinski definition) is 4. The van der Waals surface area contributed by atoms with Crippen molar-refractivity contribution in [2.24, 2.45) is 46.3 Å². The molecule has 5 heteroatoms. The molecule has 4 fully saturated rings. The molecular weight excluding hydrogens is 436 g/mol. The van der Waals surface area contributed by atoms with E-state index in [9.17, 15) is 15.3 Å². The van der Waals surface area contributed by atoms with Gasteiger partial charge in [-0.05, 0) is 124 Å². The van der Waals surface area contributed by atoms with E-state index in [2.05, 4.69) is 44.8 Å². The van der Waals surface area contributed by atoms with Gasteiger partial charge in [0.15, 0.2) is 0 Å². The first-order valence-electron chi connectivity index (χ1n) is 15.1. The second-order valence-corrected chi connectivity index (χ2v) is 13.4. The summed E-state index contributed by atoms with van der Waals surface area (Å²) < 4.78 is 0. The van der Waals surface area contributed by atoms with Crippen molar-refractivity contribution in [2.75, 3.05) is 32.7 Å². The Balaban J connectivity index is 1.37. The van der Waals surface area contributed by atoms with Gasteiger partial charge in [-0.15, -0.1) is 0 Å². The van der Waals surface area contributed by atoms with E-state index in [-0.39, 0.29) is 29.1 Å². The van der Waals surface area contributed by atoms with E-state index in [1.54, 1.807) is 0 Å². The van der Waals surface area contributed by atoms with Crippen LogP contribution in [0.15, 0.2) is 0 Å². The Morgan fingerprint density at radius 3 is 2.40 bits per heavy atom. The fourth-order valence-corrected chi connectivity index (χ4v) is 9.78. The average Bonchev–Trinajstić information content (AvgIpc) is 3.19. The molecule has 11 atom stereocenters. The van der Waals surface area contributed by atoms with Gasteiger partial charge in [-0.1, -0.05) is 34.6 Å². The quantitative estimate of drug-likeness (QED) is 0.342.